The number of aromatic nitrogens is 2. The molecule has 2 radical (unpaired) electrons. The van der Waals surface area contributed by atoms with Gasteiger partial charge in [0.1, 0.15) is 11.4 Å². The first-order valence-corrected chi connectivity index (χ1v) is 8.44. The fourth-order valence-electron chi connectivity index (χ4n) is 2.39. The second-order valence-corrected chi connectivity index (χ2v) is 6.38. The summed E-state index contributed by atoms with van der Waals surface area (Å²) in [7, 11) is 0. The topological polar surface area (TPSA) is 27.1 Å². The van der Waals surface area contributed by atoms with E-state index in [4.69, 9.17) is 3.79 Å². The molecule has 0 aliphatic carbocycles. The Balaban J connectivity index is 2.22. The van der Waals surface area contributed by atoms with Crippen molar-refractivity contribution in [3.05, 3.63) is 53.2 Å². The van der Waals surface area contributed by atoms with E-state index in [1.807, 2.05) is 37.3 Å². The number of benzene rings is 1. The van der Waals surface area contributed by atoms with Gasteiger partial charge >= 0.3 is 22.8 Å². The predicted octanol–water partition coefficient (Wildman–Crippen LogP) is 4.64. The van der Waals surface area contributed by atoms with E-state index in [2.05, 4.69) is 21.7 Å². The Morgan fingerprint density at radius 2 is 1.96 bits per heavy atom. The van der Waals surface area contributed by atoms with Gasteiger partial charge < -0.3 is 3.79 Å². The molecule has 0 saturated carbocycles. The van der Waals surface area contributed by atoms with Crippen molar-refractivity contribution in [3.8, 4) is 21.9 Å². The number of halogens is 3. The highest BCUT2D eigenvalue weighted by Crippen LogP contribution is 2.44. The molecule has 2 aromatic heterocycles. The Hall–Kier alpha value is -1.75. The molecule has 24 heavy (non-hydrogen) atoms. The Morgan fingerprint density at radius 1 is 1.25 bits per heavy atom. The lowest BCUT2D eigenvalue weighted by Gasteiger charge is -2.10. The fraction of sp³-hybridized carbons (Fsp3) is 0.188. The lowest BCUT2D eigenvalue weighted by atomic mass is 10.1. The van der Waals surface area contributed by atoms with Gasteiger partial charge in [-0.25, -0.2) is 4.68 Å². The van der Waals surface area contributed by atoms with Crippen LogP contribution in [0.15, 0.2) is 42.7 Å². The summed E-state index contributed by atoms with van der Waals surface area (Å²) in [5.74, 6) is 0.531. The van der Waals surface area contributed by atoms with Crippen LogP contribution in [0, 0.1) is 0 Å². The van der Waals surface area contributed by atoms with Gasteiger partial charge in [0.15, 0.2) is 0 Å². The Morgan fingerprint density at radius 3 is 2.50 bits per heavy atom. The van der Waals surface area contributed by atoms with Gasteiger partial charge in [-0.2, -0.15) is 18.3 Å². The van der Waals surface area contributed by atoms with E-state index in [1.165, 1.54) is 16.0 Å². The van der Waals surface area contributed by atoms with Crippen molar-refractivity contribution in [2.75, 3.05) is 0 Å². The van der Waals surface area contributed by atoms with E-state index in [0.717, 1.165) is 27.7 Å². The summed E-state index contributed by atoms with van der Waals surface area (Å²) in [5, 5.41) is 3.91. The van der Waals surface area contributed by atoms with E-state index in [-0.39, 0.29) is 0 Å². The number of aryl methyl sites for hydroxylation is 1. The maximum Gasteiger partial charge on any atom is 0.482 e. The molecule has 0 atom stereocenters. The first kappa shape index (κ1) is 17.1. The lowest BCUT2D eigenvalue weighted by molar-refractivity contribution is -0.137. The van der Waals surface area contributed by atoms with Crippen molar-refractivity contribution in [1.29, 1.82) is 0 Å². The molecule has 2 heterocycles. The third kappa shape index (κ3) is 3.09. The number of rotatable bonds is 4. The van der Waals surface area contributed by atoms with Gasteiger partial charge in [0.05, 0.1) is 16.6 Å². The Kier molecular flexibility index (Phi) is 4.72. The monoisotopic (exact) mass is 364 g/mol. The van der Waals surface area contributed by atoms with Crippen LogP contribution in [0.2, 0.25) is 0 Å². The van der Waals surface area contributed by atoms with Crippen LogP contribution >= 0.6 is 11.3 Å². The van der Waals surface area contributed by atoms with Crippen LogP contribution in [0.25, 0.3) is 16.1 Å². The second kappa shape index (κ2) is 6.63. The van der Waals surface area contributed by atoms with E-state index in [0.29, 0.717) is 17.9 Å². The fourth-order valence-corrected chi connectivity index (χ4v) is 3.90. The summed E-state index contributed by atoms with van der Waals surface area (Å²) in [6.07, 6.45) is -1.91. The molecular formula is C16H12AlF3N2OS. The van der Waals surface area contributed by atoms with Crippen LogP contribution in [0.5, 0.6) is 5.75 Å². The zero-order valence-electron chi connectivity index (χ0n) is 12.7. The van der Waals surface area contributed by atoms with Crippen LogP contribution in [0.3, 0.4) is 0 Å². The summed E-state index contributed by atoms with van der Waals surface area (Å²) >= 11 is 3.66. The maximum atomic E-state index is 12.9. The third-order valence-corrected chi connectivity index (χ3v) is 5.11. The zero-order valence-corrected chi connectivity index (χ0v) is 14.6. The van der Waals surface area contributed by atoms with Gasteiger partial charge in [-0.05, 0) is 12.0 Å². The molecule has 8 heteroatoms. The van der Waals surface area contributed by atoms with Gasteiger partial charge in [0.2, 0.25) is 0 Å². The lowest BCUT2D eigenvalue weighted by Crippen LogP contribution is -2.03. The summed E-state index contributed by atoms with van der Waals surface area (Å²) in [4.78, 5) is 1.77. The van der Waals surface area contributed by atoms with Gasteiger partial charge in [-0.1, -0.05) is 37.3 Å². The molecule has 1 aromatic carbocycles. The molecule has 3 aromatic rings. The van der Waals surface area contributed by atoms with E-state index in [9.17, 15) is 13.2 Å². The van der Waals surface area contributed by atoms with E-state index in [1.54, 1.807) is 0 Å². The molecule has 0 spiro atoms. The molecule has 0 N–H and O–H groups in total. The molecule has 122 valence electrons. The summed E-state index contributed by atoms with van der Waals surface area (Å²) < 4.78 is 45.4. The van der Waals surface area contributed by atoms with Gasteiger partial charge in [0.25, 0.3) is 0 Å². The quantitative estimate of drug-likeness (QED) is 0.631. The van der Waals surface area contributed by atoms with Gasteiger partial charge in [-0.15, -0.1) is 11.3 Å². The van der Waals surface area contributed by atoms with Gasteiger partial charge in [-0.3, -0.25) is 0 Å². The SMILES string of the molecule is CCc1sc(-c2ccccc2)c(-n2cc(C(F)(F)F)cn2)c1[O][Al]. The van der Waals surface area contributed by atoms with Crippen LogP contribution in [0.1, 0.15) is 17.4 Å². The molecule has 0 aliphatic rings. The van der Waals surface area contributed by atoms with Crippen molar-refractivity contribution in [2.45, 2.75) is 19.5 Å². The second-order valence-electron chi connectivity index (χ2n) is 5.04. The minimum absolute atomic E-state index is 0.522. The smallest absolute Gasteiger partial charge is 0.482 e. The highest BCUT2D eigenvalue weighted by atomic mass is 32.1. The van der Waals surface area contributed by atoms with E-state index >= 15 is 0 Å². The molecule has 0 aliphatic heterocycles. The maximum absolute atomic E-state index is 12.9. The molecule has 0 fully saturated rings. The first-order chi connectivity index (χ1) is 11.5. The molecule has 0 saturated heterocycles. The molecular weight excluding hydrogens is 352 g/mol. The number of hydrogen-bond donors (Lipinski definition) is 0. The van der Waals surface area contributed by atoms with Crippen molar-refractivity contribution < 1.29 is 17.0 Å². The van der Waals surface area contributed by atoms with Crippen LogP contribution in [-0.4, -0.2) is 26.4 Å². The number of alkyl halides is 3. The summed E-state index contributed by atoms with van der Waals surface area (Å²) in [5.41, 5.74) is 0.638. The number of hydrogen-bond acceptors (Lipinski definition) is 3. The third-order valence-electron chi connectivity index (χ3n) is 3.52. The van der Waals surface area contributed by atoms with Crippen molar-refractivity contribution in [2.24, 2.45) is 0 Å². The highest BCUT2D eigenvalue weighted by Gasteiger charge is 2.33. The molecule has 3 rings (SSSR count). The van der Waals surface area contributed by atoms with Crippen LogP contribution < -0.4 is 3.79 Å². The minimum atomic E-state index is -4.43. The minimum Gasteiger partial charge on any atom is -0.651 e. The normalized spacial score (nSPS) is 11.7. The average molecular weight is 364 g/mol. The Bertz CT molecular complexity index is 843. The summed E-state index contributed by atoms with van der Waals surface area (Å²) in [6, 6.07) is 9.48. The van der Waals surface area contributed by atoms with Crippen molar-refractivity contribution in [1.82, 2.24) is 9.78 Å². The van der Waals surface area contributed by atoms with Crippen LogP contribution in [-0.2, 0) is 12.6 Å². The molecule has 0 amide bonds. The van der Waals surface area contributed by atoms with Gasteiger partial charge in [0, 0.05) is 11.1 Å². The molecule has 0 bridgehead atoms. The molecule has 3 nitrogen and oxygen atoms in total. The largest absolute Gasteiger partial charge is 0.651 e. The standard InChI is InChI=1S/C16H13F3N2OS.Al/c1-2-12-14(22)13(15(23-12)10-6-4-3-5-7-10)21-9-11(8-20-21)16(17,18)19;/h3-9,22H,2H2,1H3;/q;+1/p-1. The van der Waals surface area contributed by atoms with Crippen LogP contribution in [0.4, 0.5) is 13.2 Å². The van der Waals surface area contributed by atoms with E-state index < -0.39 is 11.7 Å². The number of thiophene rings is 1. The molecule has 0 unspecified atom stereocenters. The average Bonchev–Trinajstić information content (AvgIpc) is 3.19. The highest BCUT2D eigenvalue weighted by molar-refractivity contribution is 7.16. The van der Waals surface area contributed by atoms with Crippen molar-refractivity contribution in [3.63, 3.8) is 0 Å². The summed E-state index contributed by atoms with van der Waals surface area (Å²) in [6.45, 7) is 1.97. The number of nitrogens with zero attached hydrogens (tertiary/aromatic N) is 2. The Labute approximate surface area is 149 Å². The zero-order chi connectivity index (χ0) is 17.3. The first-order valence-electron chi connectivity index (χ1n) is 7.15. The van der Waals surface area contributed by atoms with Crippen molar-refractivity contribution >= 4 is 28.0 Å². The predicted molar refractivity (Wildman–Crippen MR) is 87.6 cm³/mol.